The molecule has 16 heavy (non-hydrogen) atoms. The first-order chi connectivity index (χ1) is 7.77. The van der Waals surface area contributed by atoms with E-state index in [1.54, 1.807) is 0 Å². The van der Waals surface area contributed by atoms with Crippen molar-refractivity contribution >= 4 is 6.03 Å². The summed E-state index contributed by atoms with van der Waals surface area (Å²) >= 11 is 0. The second kappa shape index (κ2) is 7.49. The van der Waals surface area contributed by atoms with Crippen molar-refractivity contribution < 1.29 is 4.79 Å². The molecule has 0 aromatic carbocycles. The van der Waals surface area contributed by atoms with Crippen LogP contribution in [-0.4, -0.2) is 55.1 Å². The third kappa shape index (κ3) is 4.39. The number of nitrogens with zero attached hydrogens (tertiary/aromatic N) is 2. The van der Waals surface area contributed by atoms with E-state index in [0.29, 0.717) is 0 Å². The molecule has 2 amide bonds. The molecule has 1 fully saturated rings. The smallest absolute Gasteiger partial charge is 0.317 e. The number of hydrogen-bond acceptors (Lipinski definition) is 2. The summed E-state index contributed by atoms with van der Waals surface area (Å²) in [5.41, 5.74) is 0. The summed E-state index contributed by atoms with van der Waals surface area (Å²) < 4.78 is 0. The van der Waals surface area contributed by atoms with E-state index in [-0.39, 0.29) is 6.03 Å². The molecule has 1 aliphatic rings. The first-order valence-corrected chi connectivity index (χ1v) is 6.53. The van der Waals surface area contributed by atoms with Gasteiger partial charge in [-0.2, -0.15) is 0 Å². The normalized spacial score (nSPS) is 15.8. The molecule has 1 rings (SSSR count). The van der Waals surface area contributed by atoms with E-state index in [9.17, 15) is 4.79 Å². The Hall–Kier alpha value is -0.770. The summed E-state index contributed by atoms with van der Waals surface area (Å²) in [6.07, 6.45) is 3.36. The second-order valence-electron chi connectivity index (χ2n) is 4.31. The zero-order chi connectivity index (χ0) is 11.8. The minimum atomic E-state index is 0.122. The van der Waals surface area contributed by atoms with Crippen LogP contribution in [0.1, 0.15) is 33.1 Å². The summed E-state index contributed by atoms with van der Waals surface area (Å²) in [4.78, 5) is 15.9. The molecule has 1 aliphatic heterocycles. The van der Waals surface area contributed by atoms with Gasteiger partial charge in [0.25, 0.3) is 0 Å². The number of urea groups is 1. The Morgan fingerprint density at radius 2 is 1.88 bits per heavy atom. The van der Waals surface area contributed by atoms with Gasteiger partial charge in [-0.05, 0) is 38.9 Å². The van der Waals surface area contributed by atoms with Crippen LogP contribution in [0.5, 0.6) is 0 Å². The molecule has 0 unspecified atom stereocenters. The Morgan fingerprint density at radius 3 is 2.44 bits per heavy atom. The van der Waals surface area contributed by atoms with Gasteiger partial charge >= 0.3 is 6.03 Å². The molecule has 4 heteroatoms. The van der Waals surface area contributed by atoms with Crippen molar-refractivity contribution in [3.05, 3.63) is 0 Å². The lowest BCUT2D eigenvalue weighted by Crippen LogP contribution is -2.39. The maximum Gasteiger partial charge on any atom is 0.317 e. The molecule has 0 bridgehead atoms. The van der Waals surface area contributed by atoms with E-state index in [2.05, 4.69) is 24.1 Å². The van der Waals surface area contributed by atoms with Gasteiger partial charge in [0.15, 0.2) is 0 Å². The Labute approximate surface area is 99.0 Å². The van der Waals surface area contributed by atoms with E-state index in [0.717, 1.165) is 58.5 Å². The molecule has 0 aliphatic carbocycles. The predicted molar refractivity (Wildman–Crippen MR) is 66.6 cm³/mol. The SMILES string of the molecule is CCN(CC)CCCNC(=O)N1CCCC1. The molecule has 1 heterocycles. The van der Waals surface area contributed by atoms with Crippen LogP contribution >= 0.6 is 0 Å². The van der Waals surface area contributed by atoms with E-state index in [4.69, 9.17) is 0 Å². The Balaban J connectivity index is 2.03. The highest BCUT2D eigenvalue weighted by Gasteiger charge is 2.16. The summed E-state index contributed by atoms with van der Waals surface area (Å²) in [7, 11) is 0. The van der Waals surface area contributed by atoms with Gasteiger partial charge in [-0.1, -0.05) is 13.8 Å². The Kier molecular flexibility index (Phi) is 6.23. The largest absolute Gasteiger partial charge is 0.338 e. The van der Waals surface area contributed by atoms with Crippen LogP contribution in [0.25, 0.3) is 0 Å². The van der Waals surface area contributed by atoms with Crippen molar-refractivity contribution in [1.82, 2.24) is 15.1 Å². The average molecular weight is 227 g/mol. The van der Waals surface area contributed by atoms with Crippen LogP contribution in [0.2, 0.25) is 0 Å². The van der Waals surface area contributed by atoms with Crippen molar-refractivity contribution in [2.75, 3.05) is 39.3 Å². The summed E-state index contributed by atoms with van der Waals surface area (Å²) in [6.45, 7) is 10.3. The van der Waals surface area contributed by atoms with E-state index < -0.39 is 0 Å². The van der Waals surface area contributed by atoms with Gasteiger partial charge in [-0.25, -0.2) is 4.79 Å². The molecule has 94 valence electrons. The fourth-order valence-electron chi connectivity index (χ4n) is 2.07. The number of carbonyl (C=O) groups is 1. The van der Waals surface area contributed by atoms with Crippen molar-refractivity contribution in [2.24, 2.45) is 0 Å². The fraction of sp³-hybridized carbons (Fsp3) is 0.917. The van der Waals surface area contributed by atoms with Gasteiger partial charge in [-0.3, -0.25) is 0 Å². The molecule has 0 atom stereocenters. The zero-order valence-electron chi connectivity index (χ0n) is 10.7. The molecule has 1 N–H and O–H groups in total. The summed E-state index contributed by atoms with van der Waals surface area (Å²) in [5, 5.41) is 2.99. The Morgan fingerprint density at radius 1 is 1.25 bits per heavy atom. The number of hydrogen-bond donors (Lipinski definition) is 1. The maximum absolute atomic E-state index is 11.6. The average Bonchev–Trinajstić information content (AvgIpc) is 2.82. The number of rotatable bonds is 6. The van der Waals surface area contributed by atoms with Gasteiger partial charge < -0.3 is 15.1 Å². The number of nitrogens with one attached hydrogen (secondary N) is 1. The highest BCUT2D eigenvalue weighted by molar-refractivity contribution is 5.74. The van der Waals surface area contributed by atoms with Crippen LogP contribution in [0.15, 0.2) is 0 Å². The third-order valence-electron chi connectivity index (χ3n) is 3.22. The maximum atomic E-state index is 11.6. The lowest BCUT2D eigenvalue weighted by Gasteiger charge is -2.19. The number of carbonyl (C=O) groups excluding carboxylic acids is 1. The van der Waals surface area contributed by atoms with Crippen molar-refractivity contribution in [1.29, 1.82) is 0 Å². The van der Waals surface area contributed by atoms with Crippen LogP contribution in [0.4, 0.5) is 4.79 Å². The minimum absolute atomic E-state index is 0.122. The fourth-order valence-corrected chi connectivity index (χ4v) is 2.07. The molecular weight excluding hydrogens is 202 g/mol. The Bertz CT molecular complexity index is 198. The van der Waals surface area contributed by atoms with Gasteiger partial charge in [0.1, 0.15) is 0 Å². The van der Waals surface area contributed by atoms with Gasteiger partial charge in [-0.15, -0.1) is 0 Å². The first kappa shape index (κ1) is 13.3. The zero-order valence-corrected chi connectivity index (χ0v) is 10.7. The minimum Gasteiger partial charge on any atom is -0.338 e. The van der Waals surface area contributed by atoms with Gasteiger partial charge in [0, 0.05) is 19.6 Å². The van der Waals surface area contributed by atoms with Crippen molar-refractivity contribution in [2.45, 2.75) is 33.1 Å². The van der Waals surface area contributed by atoms with Crippen molar-refractivity contribution in [3.8, 4) is 0 Å². The molecule has 0 aromatic heterocycles. The lowest BCUT2D eigenvalue weighted by molar-refractivity contribution is 0.207. The summed E-state index contributed by atoms with van der Waals surface area (Å²) in [6, 6.07) is 0.122. The van der Waals surface area contributed by atoms with Gasteiger partial charge in [0.2, 0.25) is 0 Å². The second-order valence-corrected chi connectivity index (χ2v) is 4.31. The standard InChI is InChI=1S/C12H25N3O/c1-3-14(4-2)9-7-8-13-12(16)15-10-5-6-11-15/h3-11H2,1-2H3,(H,13,16). The number of likely N-dealkylation sites (tertiary alicyclic amines) is 1. The monoisotopic (exact) mass is 227 g/mol. The highest BCUT2D eigenvalue weighted by Crippen LogP contribution is 2.06. The molecule has 0 saturated carbocycles. The molecule has 0 aromatic rings. The van der Waals surface area contributed by atoms with E-state index in [1.807, 2.05) is 4.90 Å². The van der Waals surface area contributed by atoms with Gasteiger partial charge in [0.05, 0.1) is 0 Å². The van der Waals surface area contributed by atoms with Crippen LogP contribution in [0.3, 0.4) is 0 Å². The lowest BCUT2D eigenvalue weighted by atomic mass is 10.3. The molecular formula is C12H25N3O. The molecule has 0 spiro atoms. The first-order valence-electron chi connectivity index (χ1n) is 6.53. The summed E-state index contributed by atoms with van der Waals surface area (Å²) in [5.74, 6) is 0. The van der Waals surface area contributed by atoms with E-state index >= 15 is 0 Å². The van der Waals surface area contributed by atoms with E-state index in [1.165, 1.54) is 0 Å². The van der Waals surface area contributed by atoms with Crippen LogP contribution in [-0.2, 0) is 0 Å². The predicted octanol–water partition coefficient (Wildman–Crippen LogP) is 1.52. The molecule has 1 saturated heterocycles. The van der Waals surface area contributed by atoms with Crippen LogP contribution in [0, 0.1) is 0 Å². The molecule has 4 nitrogen and oxygen atoms in total. The highest BCUT2D eigenvalue weighted by atomic mass is 16.2. The molecule has 0 radical (unpaired) electrons. The third-order valence-corrected chi connectivity index (χ3v) is 3.22. The number of amides is 2. The quantitative estimate of drug-likeness (QED) is 0.698. The van der Waals surface area contributed by atoms with Crippen molar-refractivity contribution in [3.63, 3.8) is 0 Å². The van der Waals surface area contributed by atoms with Crippen LogP contribution < -0.4 is 5.32 Å². The topological polar surface area (TPSA) is 35.6 Å².